The number of carboxylic acid groups (broad SMARTS) is 1. The molecule has 1 heterocycles. The van der Waals surface area contributed by atoms with Gasteiger partial charge < -0.3 is 20.3 Å². The number of ketones is 1. The lowest BCUT2D eigenvalue weighted by Gasteiger charge is -2.09. The molecular weight excluding hydrogens is 250 g/mol. The zero-order valence-corrected chi connectivity index (χ0v) is 10.2. The first-order valence-corrected chi connectivity index (χ1v) is 5.92. The molecule has 0 bridgehead atoms. The number of Topliss-reactive ketones (excluding diaryl/α,β-unsaturated/α-hetero) is 1. The van der Waals surface area contributed by atoms with Crippen molar-refractivity contribution >= 4 is 11.8 Å². The molecule has 0 aliphatic carbocycles. The number of carboxylic acids is 1. The number of ether oxygens (including phenoxy) is 2. The molecular formula is C13H15NO5. The highest BCUT2D eigenvalue weighted by atomic mass is 16.7. The number of hydrogen-bond donors (Lipinski definition) is 2. The number of carbonyl (C=O) groups is 2. The van der Waals surface area contributed by atoms with Crippen LogP contribution in [0.2, 0.25) is 0 Å². The van der Waals surface area contributed by atoms with Gasteiger partial charge in [0.15, 0.2) is 0 Å². The Morgan fingerprint density at radius 2 is 1.84 bits per heavy atom. The normalized spacial score (nSPS) is 17.3. The second kappa shape index (κ2) is 5.92. The maximum absolute atomic E-state index is 11.9. The second-order valence-electron chi connectivity index (χ2n) is 4.28. The highest BCUT2D eigenvalue weighted by Crippen LogP contribution is 2.13. The molecule has 2 rings (SSSR count). The lowest BCUT2D eigenvalue weighted by Crippen LogP contribution is -2.32. The number of carbonyl (C=O) groups excluding carboxylic acids is 1. The Balaban J connectivity index is 2.01. The van der Waals surface area contributed by atoms with Gasteiger partial charge in [0.1, 0.15) is 6.04 Å². The van der Waals surface area contributed by atoms with E-state index in [1.165, 1.54) is 0 Å². The Hall–Kier alpha value is -1.76. The smallest absolute Gasteiger partial charge is 0.320 e. The molecule has 0 amide bonds. The van der Waals surface area contributed by atoms with Crippen LogP contribution >= 0.6 is 0 Å². The molecule has 1 aliphatic heterocycles. The van der Waals surface area contributed by atoms with Crippen LogP contribution in [-0.2, 0) is 20.7 Å². The third kappa shape index (κ3) is 3.37. The molecule has 6 nitrogen and oxygen atoms in total. The van der Waals surface area contributed by atoms with Gasteiger partial charge in [-0.05, 0) is 12.0 Å². The van der Waals surface area contributed by atoms with Crippen molar-refractivity contribution in [3.05, 3.63) is 35.4 Å². The van der Waals surface area contributed by atoms with Crippen LogP contribution in [0.5, 0.6) is 0 Å². The van der Waals surface area contributed by atoms with Crippen LogP contribution < -0.4 is 5.73 Å². The fourth-order valence-electron chi connectivity index (χ4n) is 1.79. The third-order valence-corrected chi connectivity index (χ3v) is 2.85. The number of benzene rings is 1. The minimum absolute atomic E-state index is 0.222. The van der Waals surface area contributed by atoms with Gasteiger partial charge in [-0.25, -0.2) is 0 Å². The Labute approximate surface area is 110 Å². The fraction of sp³-hybridized carbons (Fsp3) is 0.385. The van der Waals surface area contributed by atoms with Gasteiger partial charge in [-0.1, -0.05) is 24.3 Å². The van der Waals surface area contributed by atoms with Crippen LogP contribution in [0.15, 0.2) is 24.3 Å². The summed E-state index contributed by atoms with van der Waals surface area (Å²) in [4.78, 5) is 22.6. The van der Waals surface area contributed by atoms with Gasteiger partial charge >= 0.3 is 5.97 Å². The van der Waals surface area contributed by atoms with Crippen molar-refractivity contribution in [1.29, 1.82) is 0 Å². The molecule has 1 aromatic rings. The van der Waals surface area contributed by atoms with Gasteiger partial charge in [0.2, 0.25) is 12.1 Å². The molecule has 0 aromatic heterocycles. The molecule has 1 unspecified atom stereocenters. The van der Waals surface area contributed by atoms with Crippen molar-refractivity contribution in [2.75, 3.05) is 13.2 Å². The van der Waals surface area contributed by atoms with Crippen molar-refractivity contribution in [3.8, 4) is 0 Å². The summed E-state index contributed by atoms with van der Waals surface area (Å²) in [5, 5.41) is 8.72. The van der Waals surface area contributed by atoms with Crippen LogP contribution in [0.1, 0.15) is 15.9 Å². The van der Waals surface area contributed by atoms with Crippen LogP contribution in [0, 0.1) is 0 Å². The summed E-state index contributed by atoms with van der Waals surface area (Å²) in [6.07, 6.45) is -0.604. The highest BCUT2D eigenvalue weighted by molar-refractivity contribution is 5.98. The molecule has 102 valence electrons. The third-order valence-electron chi connectivity index (χ3n) is 2.85. The first-order chi connectivity index (χ1) is 9.08. The largest absolute Gasteiger partial charge is 0.480 e. The van der Waals surface area contributed by atoms with E-state index in [0.29, 0.717) is 18.8 Å². The first kappa shape index (κ1) is 13.7. The van der Waals surface area contributed by atoms with Gasteiger partial charge in [0, 0.05) is 5.56 Å². The van der Waals surface area contributed by atoms with E-state index in [1.54, 1.807) is 24.3 Å². The van der Waals surface area contributed by atoms with E-state index in [0.717, 1.165) is 5.56 Å². The minimum Gasteiger partial charge on any atom is -0.480 e. The van der Waals surface area contributed by atoms with Crippen LogP contribution in [0.3, 0.4) is 0 Å². The number of hydrogen-bond acceptors (Lipinski definition) is 5. The molecule has 0 saturated carbocycles. The van der Waals surface area contributed by atoms with Gasteiger partial charge in [-0.3, -0.25) is 9.59 Å². The van der Waals surface area contributed by atoms with E-state index in [2.05, 4.69) is 0 Å². The average molecular weight is 265 g/mol. The molecule has 1 aromatic carbocycles. The number of rotatable bonds is 5. The Kier molecular flexibility index (Phi) is 4.26. The molecule has 3 N–H and O–H groups in total. The van der Waals surface area contributed by atoms with Crippen molar-refractivity contribution in [2.24, 2.45) is 5.73 Å². The lowest BCUT2D eigenvalue weighted by atomic mass is 10.0. The van der Waals surface area contributed by atoms with Crippen LogP contribution in [-0.4, -0.2) is 42.4 Å². The average Bonchev–Trinajstić information content (AvgIpc) is 2.92. The first-order valence-electron chi connectivity index (χ1n) is 5.92. The highest BCUT2D eigenvalue weighted by Gasteiger charge is 2.25. The summed E-state index contributed by atoms with van der Waals surface area (Å²) in [6.45, 7) is 0.837. The summed E-state index contributed by atoms with van der Waals surface area (Å²) < 4.78 is 10.3. The Morgan fingerprint density at radius 3 is 2.37 bits per heavy atom. The quantitative estimate of drug-likeness (QED) is 0.738. The van der Waals surface area contributed by atoms with E-state index >= 15 is 0 Å². The SMILES string of the molecule is NC(Cc1ccc(C(=O)C2OCCO2)cc1)C(=O)O. The predicted octanol–water partition coefficient (Wildman–Crippen LogP) is 0.197. The van der Waals surface area contributed by atoms with Gasteiger partial charge in [0.05, 0.1) is 13.2 Å². The maximum Gasteiger partial charge on any atom is 0.320 e. The fourth-order valence-corrected chi connectivity index (χ4v) is 1.79. The lowest BCUT2D eigenvalue weighted by molar-refractivity contribution is -0.138. The molecule has 0 spiro atoms. The van der Waals surface area contributed by atoms with E-state index in [4.69, 9.17) is 20.3 Å². The summed E-state index contributed by atoms with van der Waals surface area (Å²) in [6, 6.07) is 5.67. The molecule has 1 aliphatic rings. The molecule has 1 atom stereocenters. The maximum atomic E-state index is 11.9. The summed E-state index contributed by atoms with van der Waals surface area (Å²) in [7, 11) is 0. The summed E-state index contributed by atoms with van der Waals surface area (Å²) in [5.74, 6) is -1.28. The van der Waals surface area contributed by atoms with Gasteiger partial charge in [-0.15, -0.1) is 0 Å². The zero-order chi connectivity index (χ0) is 13.8. The van der Waals surface area contributed by atoms with Crippen molar-refractivity contribution in [1.82, 2.24) is 0 Å². The van der Waals surface area contributed by atoms with Crippen LogP contribution in [0.4, 0.5) is 0 Å². The van der Waals surface area contributed by atoms with Crippen molar-refractivity contribution in [2.45, 2.75) is 18.8 Å². The molecule has 0 radical (unpaired) electrons. The van der Waals surface area contributed by atoms with Crippen molar-refractivity contribution < 1.29 is 24.2 Å². The zero-order valence-electron chi connectivity index (χ0n) is 10.2. The van der Waals surface area contributed by atoms with Crippen molar-refractivity contribution in [3.63, 3.8) is 0 Å². The summed E-state index contributed by atoms with van der Waals surface area (Å²) in [5.41, 5.74) is 6.67. The van der Waals surface area contributed by atoms with Crippen LogP contribution in [0.25, 0.3) is 0 Å². The van der Waals surface area contributed by atoms with E-state index in [9.17, 15) is 9.59 Å². The van der Waals surface area contributed by atoms with Gasteiger partial charge in [-0.2, -0.15) is 0 Å². The topological polar surface area (TPSA) is 98.9 Å². The number of nitrogens with two attached hydrogens (primary N) is 1. The molecule has 1 saturated heterocycles. The predicted molar refractivity (Wildman–Crippen MR) is 65.8 cm³/mol. The monoisotopic (exact) mass is 265 g/mol. The molecule has 6 heteroatoms. The Bertz CT molecular complexity index is 464. The van der Waals surface area contributed by atoms with E-state index in [1.807, 2.05) is 0 Å². The standard InChI is InChI=1S/C13H15NO5/c14-10(12(16)17)7-8-1-3-9(4-2-8)11(15)13-18-5-6-19-13/h1-4,10,13H,5-7,14H2,(H,16,17). The minimum atomic E-state index is -1.05. The Morgan fingerprint density at radius 1 is 1.26 bits per heavy atom. The van der Waals surface area contributed by atoms with E-state index in [-0.39, 0.29) is 12.2 Å². The van der Waals surface area contributed by atoms with Gasteiger partial charge in [0.25, 0.3) is 0 Å². The molecule has 1 fully saturated rings. The second-order valence-corrected chi connectivity index (χ2v) is 4.28. The van der Waals surface area contributed by atoms with E-state index < -0.39 is 18.3 Å². The molecule has 19 heavy (non-hydrogen) atoms. The number of aliphatic carboxylic acids is 1. The summed E-state index contributed by atoms with van der Waals surface area (Å²) >= 11 is 0.